The molecule has 2 heteroatoms. The molecule has 0 amide bonds. The van der Waals surface area contributed by atoms with Gasteiger partial charge < -0.3 is 9.47 Å². The summed E-state index contributed by atoms with van der Waals surface area (Å²) in [4.78, 5) is 0. The van der Waals surface area contributed by atoms with Gasteiger partial charge in [-0.25, -0.2) is 0 Å². The maximum atomic E-state index is 6.30. The minimum Gasteiger partial charge on any atom is -0.375 e. The molecule has 0 unspecified atom stereocenters. The summed E-state index contributed by atoms with van der Waals surface area (Å²) < 4.78 is 12.5. The number of fused-ring (bicyclic) bond motifs is 2. The van der Waals surface area contributed by atoms with Gasteiger partial charge in [0.25, 0.3) is 0 Å². The molecule has 1 saturated heterocycles. The maximum Gasteiger partial charge on any atom is 0.0988 e. The van der Waals surface area contributed by atoms with E-state index in [-0.39, 0.29) is 11.2 Å². The van der Waals surface area contributed by atoms with Crippen molar-refractivity contribution in [3.8, 4) is 0 Å². The van der Waals surface area contributed by atoms with Gasteiger partial charge in [0.05, 0.1) is 24.4 Å². The average molecular weight is 258 g/mol. The first-order chi connectivity index (χ1) is 9.32. The highest BCUT2D eigenvalue weighted by atomic mass is 16.5. The van der Waals surface area contributed by atoms with E-state index >= 15 is 0 Å². The second-order valence-corrected chi connectivity index (χ2v) is 6.46. The van der Waals surface area contributed by atoms with Gasteiger partial charge in [-0.3, -0.25) is 0 Å². The van der Waals surface area contributed by atoms with Crippen molar-refractivity contribution in [1.29, 1.82) is 0 Å². The summed E-state index contributed by atoms with van der Waals surface area (Å²) in [7, 11) is 0. The highest BCUT2D eigenvalue weighted by molar-refractivity contribution is 5.36. The lowest BCUT2D eigenvalue weighted by molar-refractivity contribution is -0.192. The van der Waals surface area contributed by atoms with E-state index < -0.39 is 0 Å². The van der Waals surface area contributed by atoms with Crippen LogP contribution < -0.4 is 0 Å². The molecule has 2 heterocycles. The number of ether oxygens (including phenoxy) is 2. The molecular formula is C17H22O2. The van der Waals surface area contributed by atoms with Crippen LogP contribution in [-0.4, -0.2) is 12.2 Å². The van der Waals surface area contributed by atoms with Crippen LogP contribution in [0.3, 0.4) is 0 Å². The molecule has 2 spiro atoms. The molecule has 1 atom stereocenters. The van der Waals surface area contributed by atoms with Crippen molar-refractivity contribution in [1.82, 2.24) is 0 Å². The molecule has 2 aliphatic heterocycles. The van der Waals surface area contributed by atoms with Crippen molar-refractivity contribution in [2.75, 3.05) is 6.61 Å². The van der Waals surface area contributed by atoms with Gasteiger partial charge in [0.2, 0.25) is 0 Å². The third-order valence-electron chi connectivity index (χ3n) is 5.30. The Hall–Kier alpha value is -0.860. The van der Waals surface area contributed by atoms with Crippen LogP contribution in [0.4, 0.5) is 0 Å². The number of hydrogen-bond donors (Lipinski definition) is 0. The Morgan fingerprint density at radius 2 is 1.74 bits per heavy atom. The van der Waals surface area contributed by atoms with Crippen molar-refractivity contribution >= 4 is 0 Å². The quantitative estimate of drug-likeness (QED) is 0.702. The fourth-order valence-electron chi connectivity index (χ4n) is 4.35. The molecule has 2 nitrogen and oxygen atoms in total. The predicted octanol–water partition coefficient (Wildman–Crippen LogP) is 3.93. The summed E-state index contributed by atoms with van der Waals surface area (Å²) in [6.45, 7) is 1.64. The zero-order valence-electron chi connectivity index (χ0n) is 11.5. The lowest BCUT2D eigenvalue weighted by Crippen LogP contribution is -2.48. The van der Waals surface area contributed by atoms with Crippen LogP contribution in [0, 0.1) is 0 Å². The Bertz CT molecular complexity index is 466. The van der Waals surface area contributed by atoms with Gasteiger partial charge in [-0.1, -0.05) is 43.5 Å². The predicted molar refractivity (Wildman–Crippen MR) is 73.9 cm³/mol. The fourth-order valence-corrected chi connectivity index (χ4v) is 4.35. The third-order valence-corrected chi connectivity index (χ3v) is 5.30. The van der Waals surface area contributed by atoms with Gasteiger partial charge in [0, 0.05) is 12.8 Å². The molecule has 0 radical (unpaired) electrons. The van der Waals surface area contributed by atoms with E-state index in [1.165, 1.54) is 43.2 Å². The molecule has 1 aliphatic carbocycles. The fraction of sp³-hybridized carbons (Fsp3) is 0.647. The van der Waals surface area contributed by atoms with E-state index in [0.717, 1.165) is 26.1 Å². The molecular weight excluding hydrogens is 236 g/mol. The van der Waals surface area contributed by atoms with Crippen molar-refractivity contribution < 1.29 is 9.47 Å². The Balaban J connectivity index is 1.68. The first-order valence-corrected chi connectivity index (χ1v) is 7.68. The summed E-state index contributed by atoms with van der Waals surface area (Å²) in [6.07, 6.45) is 8.54. The normalized spacial score (nSPS) is 32.6. The highest BCUT2D eigenvalue weighted by Gasteiger charge is 2.50. The molecule has 3 aliphatic rings. The van der Waals surface area contributed by atoms with Crippen LogP contribution in [0.2, 0.25) is 0 Å². The number of rotatable bonds is 0. The SMILES string of the molecule is c1ccc2c(c1)CO[C@]21CCOC2(CCCCC2)C1. The van der Waals surface area contributed by atoms with E-state index in [0.29, 0.717) is 0 Å². The van der Waals surface area contributed by atoms with Crippen LogP contribution in [0.15, 0.2) is 24.3 Å². The van der Waals surface area contributed by atoms with Crippen molar-refractivity contribution in [2.45, 2.75) is 62.8 Å². The third kappa shape index (κ3) is 1.85. The Labute approximate surface area is 115 Å². The van der Waals surface area contributed by atoms with E-state index in [2.05, 4.69) is 24.3 Å². The van der Waals surface area contributed by atoms with Gasteiger partial charge in [0.1, 0.15) is 0 Å². The van der Waals surface area contributed by atoms with Crippen molar-refractivity contribution in [2.24, 2.45) is 0 Å². The van der Waals surface area contributed by atoms with Crippen LogP contribution in [-0.2, 0) is 21.7 Å². The van der Waals surface area contributed by atoms with Crippen LogP contribution in [0.1, 0.15) is 56.1 Å². The minimum absolute atomic E-state index is 0.0494. The second-order valence-electron chi connectivity index (χ2n) is 6.46. The molecule has 102 valence electrons. The van der Waals surface area contributed by atoms with E-state index in [4.69, 9.17) is 9.47 Å². The second kappa shape index (κ2) is 4.32. The summed E-state index contributed by atoms with van der Waals surface area (Å²) in [5, 5.41) is 0. The molecule has 4 rings (SSSR count). The van der Waals surface area contributed by atoms with Gasteiger partial charge in [-0.15, -0.1) is 0 Å². The largest absolute Gasteiger partial charge is 0.375 e. The lowest BCUT2D eigenvalue weighted by atomic mass is 9.72. The van der Waals surface area contributed by atoms with E-state index in [1.54, 1.807) is 0 Å². The Morgan fingerprint density at radius 3 is 2.63 bits per heavy atom. The molecule has 0 N–H and O–H groups in total. The first kappa shape index (κ1) is 11.9. The molecule has 2 fully saturated rings. The highest BCUT2D eigenvalue weighted by Crippen LogP contribution is 2.51. The first-order valence-electron chi connectivity index (χ1n) is 7.68. The topological polar surface area (TPSA) is 18.5 Å². The molecule has 1 aromatic rings. The summed E-state index contributed by atoms with van der Waals surface area (Å²) in [6, 6.07) is 8.76. The zero-order chi connectivity index (χ0) is 12.8. The number of benzene rings is 1. The minimum atomic E-state index is -0.0494. The van der Waals surface area contributed by atoms with Gasteiger partial charge in [0.15, 0.2) is 0 Å². The summed E-state index contributed by atoms with van der Waals surface area (Å²) >= 11 is 0. The van der Waals surface area contributed by atoms with Crippen LogP contribution in [0.25, 0.3) is 0 Å². The standard InChI is InChI=1S/C17H22O2/c1-4-8-16(9-5-1)13-17(10-11-18-16)15-7-3-2-6-14(15)12-19-17/h2-3,6-7H,1,4-5,8-13H2/t17-/m0/s1. The van der Waals surface area contributed by atoms with Gasteiger partial charge >= 0.3 is 0 Å². The molecule has 1 aromatic carbocycles. The lowest BCUT2D eigenvalue weighted by Gasteiger charge is -2.48. The van der Waals surface area contributed by atoms with E-state index in [1.807, 2.05) is 0 Å². The van der Waals surface area contributed by atoms with Crippen molar-refractivity contribution in [3.05, 3.63) is 35.4 Å². The van der Waals surface area contributed by atoms with Crippen molar-refractivity contribution in [3.63, 3.8) is 0 Å². The van der Waals surface area contributed by atoms with Crippen LogP contribution in [0.5, 0.6) is 0 Å². The molecule has 0 aromatic heterocycles. The molecule has 0 bridgehead atoms. The maximum absolute atomic E-state index is 6.30. The Morgan fingerprint density at radius 1 is 0.895 bits per heavy atom. The molecule has 1 saturated carbocycles. The smallest absolute Gasteiger partial charge is 0.0988 e. The van der Waals surface area contributed by atoms with Gasteiger partial charge in [-0.05, 0) is 24.0 Å². The molecule has 19 heavy (non-hydrogen) atoms. The monoisotopic (exact) mass is 258 g/mol. The van der Waals surface area contributed by atoms with Crippen LogP contribution >= 0.6 is 0 Å². The zero-order valence-corrected chi connectivity index (χ0v) is 11.5. The van der Waals surface area contributed by atoms with Gasteiger partial charge in [-0.2, -0.15) is 0 Å². The summed E-state index contributed by atoms with van der Waals surface area (Å²) in [5.41, 5.74) is 2.87. The number of hydrogen-bond acceptors (Lipinski definition) is 2. The Kier molecular flexibility index (Phi) is 2.71. The average Bonchev–Trinajstić information content (AvgIpc) is 2.79. The summed E-state index contributed by atoms with van der Waals surface area (Å²) in [5.74, 6) is 0. The van der Waals surface area contributed by atoms with E-state index in [9.17, 15) is 0 Å².